The van der Waals surface area contributed by atoms with Crippen LogP contribution in [0.5, 0.6) is 0 Å². The Hall–Kier alpha value is -3.25. The molecular weight excluding hydrogens is 565 g/mol. The summed E-state index contributed by atoms with van der Waals surface area (Å²) in [6.45, 7) is -0.105. The van der Waals surface area contributed by atoms with Crippen molar-refractivity contribution in [1.29, 1.82) is 0 Å². The van der Waals surface area contributed by atoms with Gasteiger partial charge in [0.1, 0.15) is 16.8 Å². The molecule has 0 spiro atoms. The van der Waals surface area contributed by atoms with Crippen LogP contribution in [0.15, 0.2) is 65.3 Å². The van der Waals surface area contributed by atoms with Crippen LogP contribution in [-0.2, 0) is 16.1 Å². The molecule has 0 bridgehead atoms. The smallest absolute Gasteiger partial charge is 0.288 e. The highest BCUT2D eigenvalue weighted by molar-refractivity contribution is 14.1. The topological polar surface area (TPSA) is 114 Å². The lowest BCUT2D eigenvalue weighted by atomic mass is 10.1. The Morgan fingerprint density at radius 1 is 1.21 bits per heavy atom. The number of imide groups is 1. The summed E-state index contributed by atoms with van der Waals surface area (Å²) in [6, 6.07) is 12.6. The van der Waals surface area contributed by atoms with Crippen LogP contribution in [0.3, 0.4) is 0 Å². The first-order valence-electron chi connectivity index (χ1n) is 9.66. The molecule has 168 valence electrons. The van der Waals surface area contributed by atoms with Crippen molar-refractivity contribution in [3.05, 3.63) is 90.9 Å². The molecule has 1 unspecified atom stereocenters. The monoisotopic (exact) mass is 579 g/mol. The van der Waals surface area contributed by atoms with E-state index in [-0.39, 0.29) is 23.6 Å². The average Bonchev–Trinajstić information content (AvgIpc) is 3.40. The zero-order valence-corrected chi connectivity index (χ0v) is 19.7. The van der Waals surface area contributed by atoms with Crippen LogP contribution in [0, 0.1) is 13.7 Å². The van der Waals surface area contributed by atoms with Crippen LogP contribution < -0.4 is 4.90 Å². The van der Waals surface area contributed by atoms with E-state index in [4.69, 9.17) is 16.0 Å². The molecule has 2 heterocycles. The molecule has 0 aliphatic carbocycles. The van der Waals surface area contributed by atoms with Crippen LogP contribution in [0.1, 0.15) is 22.5 Å². The van der Waals surface area contributed by atoms with E-state index in [9.17, 15) is 24.5 Å². The molecule has 3 aromatic rings. The van der Waals surface area contributed by atoms with Gasteiger partial charge in [0, 0.05) is 15.2 Å². The number of halogens is 2. The first-order chi connectivity index (χ1) is 15.8. The normalized spacial score (nSPS) is 15.7. The summed E-state index contributed by atoms with van der Waals surface area (Å²) >= 11 is 7.98. The third-order valence-corrected chi connectivity index (χ3v) is 6.18. The van der Waals surface area contributed by atoms with E-state index in [1.165, 1.54) is 23.3 Å². The van der Waals surface area contributed by atoms with E-state index in [1.807, 2.05) is 0 Å². The molecule has 33 heavy (non-hydrogen) atoms. The van der Waals surface area contributed by atoms with Crippen molar-refractivity contribution in [2.75, 3.05) is 4.90 Å². The fraction of sp³-hybridized carbons (Fsp3) is 0.136. The van der Waals surface area contributed by atoms with E-state index >= 15 is 0 Å². The lowest BCUT2D eigenvalue weighted by Gasteiger charge is -2.27. The van der Waals surface area contributed by atoms with Gasteiger partial charge in [-0.25, -0.2) is 4.90 Å². The average molecular weight is 580 g/mol. The second-order valence-corrected chi connectivity index (χ2v) is 8.85. The molecule has 2 aromatic carbocycles. The van der Waals surface area contributed by atoms with Crippen molar-refractivity contribution in [3.8, 4) is 0 Å². The van der Waals surface area contributed by atoms with Crippen LogP contribution >= 0.6 is 34.2 Å². The minimum absolute atomic E-state index is 0.0365. The van der Waals surface area contributed by atoms with Crippen molar-refractivity contribution in [2.45, 2.75) is 19.0 Å². The lowest BCUT2D eigenvalue weighted by Crippen LogP contribution is -2.45. The minimum atomic E-state index is -1.11. The number of carbonyl (C=O) groups is 3. The van der Waals surface area contributed by atoms with E-state index in [0.29, 0.717) is 11.4 Å². The third kappa shape index (κ3) is 4.62. The predicted molar refractivity (Wildman–Crippen MR) is 127 cm³/mol. The van der Waals surface area contributed by atoms with Gasteiger partial charge in [-0.2, -0.15) is 0 Å². The summed E-state index contributed by atoms with van der Waals surface area (Å²) in [5.74, 6) is -1.29. The highest BCUT2D eigenvalue weighted by Crippen LogP contribution is 2.30. The van der Waals surface area contributed by atoms with E-state index in [2.05, 4.69) is 22.6 Å². The maximum absolute atomic E-state index is 13.4. The number of rotatable bonds is 6. The molecular formula is C22H15ClIN3O6. The van der Waals surface area contributed by atoms with Gasteiger partial charge in [0.05, 0.1) is 29.8 Å². The van der Waals surface area contributed by atoms with Crippen molar-refractivity contribution < 1.29 is 23.7 Å². The Balaban J connectivity index is 1.70. The molecule has 0 radical (unpaired) electrons. The maximum Gasteiger partial charge on any atom is 0.288 e. The first-order valence-corrected chi connectivity index (χ1v) is 11.1. The van der Waals surface area contributed by atoms with Crippen LogP contribution in [-0.4, -0.2) is 33.6 Å². The van der Waals surface area contributed by atoms with Gasteiger partial charge in [-0.3, -0.25) is 24.5 Å². The number of hydrogen-bond donors (Lipinski definition) is 0. The van der Waals surface area contributed by atoms with Gasteiger partial charge in [-0.1, -0.05) is 11.6 Å². The van der Waals surface area contributed by atoms with Gasteiger partial charge >= 0.3 is 0 Å². The Morgan fingerprint density at radius 3 is 2.58 bits per heavy atom. The summed E-state index contributed by atoms with van der Waals surface area (Å²) in [5.41, 5.74) is -0.0686. The number of furan rings is 1. The SMILES string of the molecule is O=C1CC(N(Cc2ccco2)C(=O)c2ccc(Cl)c([N+](=O)[O-])c2)C(=O)N1c1ccc(I)cc1. The standard InChI is InChI=1S/C22H15ClIN3O6/c23-17-8-3-13(10-18(17)27(31)32)21(29)25(12-16-2-1-9-33-16)19-11-20(28)26(22(19)30)15-6-4-14(24)5-7-15/h1-10,19H,11-12H2. The van der Waals surface area contributed by atoms with Gasteiger partial charge in [0.15, 0.2) is 0 Å². The molecule has 1 saturated heterocycles. The van der Waals surface area contributed by atoms with Crippen molar-refractivity contribution >= 4 is 63.3 Å². The molecule has 4 rings (SSSR count). The highest BCUT2D eigenvalue weighted by atomic mass is 127. The van der Waals surface area contributed by atoms with Crippen molar-refractivity contribution in [1.82, 2.24) is 4.90 Å². The number of nitro benzene ring substituents is 1. The second-order valence-electron chi connectivity index (χ2n) is 7.20. The van der Waals surface area contributed by atoms with Gasteiger partial charge in [0.2, 0.25) is 5.91 Å². The van der Waals surface area contributed by atoms with Crippen LogP contribution in [0.4, 0.5) is 11.4 Å². The zero-order chi connectivity index (χ0) is 23.7. The van der Waals surface area contributed by atoms with E-state index in [1.54, 1.807) is 36.4 Å². The summed E-state index contributed by atoms with van der Waals surface area (Å²) in [5, 5.41) is 11.2. The fourth-order valence-corrected chi connectivity index (χ4v) is 4.11. The summed E-state index contributed by atoms with van der Waals surface area (Å²) < 4.78 is 6.28. The zero-order valence-electron chi connectivity index (χ0n) is 16.8. The quantitative estimate of drug-likeness (QED) is 0.185. The molecule has 9 nitrogen and oxygen atoms in total. The molecule has 1 aliphatic rings. The Bertz CT molecular complexity index is 1250. The molecule has 1 atom stereocenters. The molecule has 0 saturated carbocycles. The minimum Gasteiger partial charge on any atom is -0.467 e. The van der Waals surface area contributed by atoms with Crippen LogP contribution in [0.25, 0.3) is 0 Å². The first kappa shape index (κ1) is 22.9. The molecule has 1 aromatic heterocycles. The second kappa shape index (κ2) is 9.32. The van der Waals surface area contributed by atoms with Gasteiger partial charge < -0.3 is 9.32 Å². The van der Waals surface area contributed by atoms with Gasteiger partial charge in [0.25, 0.3) is 17.5 Å². The molecule has 1 aliphatic heterocycles. The van der Waals surface area contributed by atoms with Crippen molar-refractivity contribution in [2.24, 2.45) is 0 Å². The molecule has 1 fully saturated rings. The number of nitrogens with zero attached hydrogens (tertiary/aromatic N) is 3. The van der Waals surface area contributed by atoms with E-state index in [0.717, 1.165) is 14.5 Å². The number of hydrogen-bond acceptors (Lipinski definition) is 6. The third-order valence-electron chi connectivity index (χ3n) is 5.14. The largest absolute Gasteiger partial charge is 0.467 e. The van der Waals surface area contributed by atoms with Gasteiger partial charge in [-0.05, 0) is 71.1 Å². The Morgan fingerprint density at radius 2 is 1.94 bits per heavy atom. The fourth-order valence-electron chi connectivity index (χ4n) is 3.57. The summed E-state index contributed by atoms with van der Waals surface area (Å²) in [6.07, 6.45) is 1.19. The summed E-state index contributed by atoms with van der Waals surface area (Å²) in [4.78, 5) is 52.3. The Kier molecular flexibility index (Phi) is 6.47. The predicted octanol–water partition coefficient (Wildman–Crippen LogP) is 4.42. The highest BCUT2D eigenvalue weighted by Gasteiger charge is 2.45. The van der Waals surface area contributed by atoms with Gasteiger partial charge in [-0.15, -0.1) is 0 Å². The van der Waals surface area contributed by atoms with E-state index < -0.39 is 34.4 Å². The number of carbonyl (C=O) groups excluding carboxylic acids is 3. The van der Waals surface area contributed by atoms with Crippen molar-refractivity contribution in [3.63, 3.8) is 0 Å². The lowest BCUT2D eigenvalue weighted by molar-refractivity contribution is -0.384. The molecule has 11 heteroatoms. The van der Waals surface area contributed by atoms with Crippen LogP contribution in [0.2, 0.25) is 5.02 Å². The molecule has 0 N–H and O–H groups in total. The number of amides is 3. The molecule has 3 amide bonds. The number of benzene rings is 2. The number of nitro groups is 1. The Labute approximate surface area is 206 Å². The number of anilines is 1. The summed E-state index contributed by atoms with van der Waals surface area (Å²) in [7, 11) is 0. The maximum atomic E-state index is 13.4.